The van der Waals surface area contributed by atoms with Gasteiger partial charge in [-0.05, 0) is 28.8 Å². The van der Waals surface area contributed by atoms with Gasteiger partial charge in [0.1, 0.15) is 0 Å². The highest BCUT2D eigenvalue weighted by Gasteiger charge is 2.04. The molecule has 0 unspecified atom stereocenters. The topological polar surface area (TPSA) is 0 Å². The van der Waals surface area contributed by atoms with Crippen molar-refractivity contribution in [3.05, 3.63) is 78.9 Å². The van der Waals surface area contributed by atoms with Crippen LogP contribution in [-0.2, 0) is 0 Å². The number of hydrogen-bond donors (Lipinski definition) is 0. The maximum Gasteiger partial charge on any atom is 0.0349 e. The van der Waals surface area contributed by atoms with Crippen LogP contribution in [0.2, 0.25) is 0 Å². The summed E-state index contributed by atoms with van der Waals surface area (Å²) in [7, 11) is 0. The van der Waals surface area contributed by atoms with Gasteiger partial charge in [0, 0.05) is 9.75 Å². The summed E-state index contributed by atoms with van der Waals surface area (Å²) in [4.78, 5) is 2.61. The third-order valence-electron chi connectivity index (χ3n) is 3.10. The standard InChI is InChI=1S/C18H14S/c1-2-14-8-10-16(11-9-14)18-13-12-17(19-18)15-6-4-3-5-7-15/h2-13H,1H2. The van der Waals surface area contributed by atoms with Gasteiger partial charge in [0.15, 0.2) is 0 Å². The fraction of sp³-hybridized carbons (Fsp3) is 0. The highest BCUT2D eigenvalue weighted by molar-refractivity contribution is 7.18. The van der Waals surface area contributed by atoms with Crippen LogP contribution in [0.25, 0.3) is 27.0 Å². The van der Waals surface area contributed by atoms with E-state index in [9.17, 15) is 0 Å². The molecule has 0 saturated heterocycles. The lowest BCUT2D eigenvalue weighted by Crippen LogP contribution is -1.73. The molecule has 3 aromatic rings. The van der Waals surface area contributed by atoms with Gasteiger partial charge in [-0.2, -0.15) is 0 Å². The second-order valence-electron chi connectivity index (χ2n) is 4.36. The van der Waals surface area contributed by atoms with E-state index >= 15 is 0 Å². The van der Waals surface area contributed by atoms with E-state index in [1.807, 2.05) is 23.5 Å². The Morgan fingerprint density at radius 3 is 1.84 bits per heavy atom. The summed E-state index contributed by atoms with van der Waals surface area (Å²) in [6.45, 7) is 3.78. The normalized spacial score (nSPS) is 10.3. The molecule has 3 rings (SSSR count). The van der Waals surface area contributed by atoms with Crippen molar-refractivity contribution in [1.82, 2.24) is 0 Å². The van der Waals surface area contributed by atoms with E-state index in [0.29, 0.717) is 0 Å². The molecule has 0 aliphatic heterocycles. The minimum atomic E-state index is 1.16. The van der Waals surface area contributed by atoms with Gasteiger partial charge in [-0.15, -0.1) is 11.3 Å². The summed E-state index contributed by atoms with van der Waals surface area (Å²) < 4.78 is 0. The second-order valence-corrected chi connectivity index (χ2v) is 5.44. The zero-order chi connectivity index (χ0) is 13.1. The fourth-order valence-electron chi connectivity index (χ4n) is 2.03. The van der Waals surface area contributed by atoms with Gasteiger partial charge < -0.3 is 0 Å². The Hall–Kier alpha value is -2.12. The molecule has 0 aliphatic carbocycles. The Bertz CT molecular complexity index is 675. The van der Waals surface area contributed by atoms with Crippen molar-refractivity contribution in [3.8, 4) is 20.9 Å². The zero-order valence-corrected chi connectivity index (χ0v) is 11.4. The molecule has 0 N–H and O–H groups in total. The van der Waals surface area contributed by atoms with E-state index in [2.05, 4.69) is 67.2 Å². The van der Waals surface area contributed by atoms with Crippen LogP contribution >= 0.6 is 11.3 Å². The van der Waals surface area contributed by atoms with Gasteiger partial charge in [0.2, 0.25) is 0 Å². The summed E-state index contributed by atoms with van der Waals surface area (Å²) in [6.07, 6.45) is 1.87. The van der Waals surface area contributed by atoms with Gasteiger partial charge >= 0.3 is 0 Å². The molecule has 0 aliphatic rings. The maximum absolute atomic E-state index is 3.78. The van der Waals surface area contributed by atoms with E-state index in [4.69, 9.17) is 0 Å². The van der Waals surface area contributed by atoms with Crippen molar-refractivity contribution in [1.29, 1.82) is 0 Å². The van der Waals surface area contributed by atoms with E-state index in [-0.39, 0.29) is 0 Å². The van der Waals surface area contributed by atoms with Crippen LogP contribution in [0.1, 0.15) is 5.56 Å². The first-order valence-electron chi connectivity index (χ1n) is 6.25. The molecule has 0 radical (unpaired) electrons. The Morgan fingerprint density at radius 2 is 1.26 bits per heavy atom. The van der Waals surface area contributed by atoms with Gasteiger partial charge in [-0.1, -0.05) is 67.3 Å². The van der Waals surface area contributed by atoms with Gasteiger partial charge in [0.05, 0.1) is 0 Å². The predicted octanol–water partition coefficient (Wildman–Crippen LogP) is 5.73. The van der Waals surface area contributed by atoms with Crippen LogP contribution in [-0.4, -0.2) is 0 Å². The van der Waals surface area contributed by atoms with Crippen LogP contribution < -0.4 is 0 Å². The molecule has 0 amide bonds. The van der Waals surface area contributed by atoms with Crippen molar-refractivity contribution in [3.63, 3.8) is 0 Å². The minimum Gasteiger partial charge on any atom is -0.135 e. The van der Waals surface area contributed by atoms with Crippen LogP contribution in [0.3, 0.4) is 0 Å². The number of hydrogen-bond acceptors (Lipinski definition) is 1. The summed E-state index contributed by atoms with van der Waals surface area (Å²) >= 11 is 1.83. The molecule has 0 saturated carbocycles. The number of thiophene rings is 1. The molecule has 0 fully saturated rings. The first-order valence-corrected chi connectivity index (χ1v) is 7.06. The lowest BCUT2D eigenvalue weighted by atomic mass is 10.1. The smallest absolute Gasteiger partial charge is 0.0349 e. The maximum atomic E-state index is 3.78. The molecule has 2 aromatic carbocycles. The lowest BCUT2D eigenvalue weighted by molar-refractivity contribution is 1.66. The lowest BCUT2D eigenvalue weighted by Gasteiger charge is -1.99. The van der Waals surface area contributed by atoms with Gasteiger partial charge in [-0.25, -0.2) is 0 Å². The summed E-state index contributed by atoms with van der Waals surface area (Å²) in [6, 6.07) is 23.4. The quantitative estimate of drug-likeness (QED) is 0.566. The molecule has 1 heterocycles. The third-order valence-corrected chi connectivity index (χ3v) is 4.28. The molecule has 0 spiro atoms. The summed E-state index contributed by atoms with van der Waals surface area (Å²) in [5, 5.41) is 0. The van der Waals surface area contributed by atoms with Crippen molar-refractivity contribution in [2.75, 3.05) is 0 Å². The predicted molar refractivity (Wildman–Crippen MR) is 85.3 cm³/mol. The molecule has 19 heavy (non-hydrogen) atoms. The van der Waals surface area contributed by atoms with Crippen LogP contribution in [0.5, 0.6) is 0 Å². The molecule has 0 atom stereocenters. The molecule has 92 valence electrons. The van der Waals surface area contributed by atoms with Crippen molar-refractivity contribution in [2.24, 2.45) is 0 Å². The molecular formula is C18H14S. The largest absolute Gasteiger partial charge is 0.135 e. The van der Waals surface area contributed by atoms with Crippen LogP contribution in [0.4, 0.5) is 0 Å². The number of rotatable bonds is 3. The highest BCUT2D eigenvalue weighted by atomic mass is 32.1. The minimum absolute atomic E-state index is 1.16. The molecule has 0 nitrogen and oxygen atoms in total. The van der Waals surface area contributed by atoms with Crippen molar-refractivity contribution in [2.45, 2.75) is 0 Å². The molecular weight excluding hydrogens is 248 g/mol. The van der Waals surface area contributed by atoms with Gasteiger partial charge in [0.25, 0.3) is 0 Å². The Kier molecular flexibility index (Phi) is 3.30. The van der Waals surface area contributed by atoms with E-state index < -0.39 is 0 Å². The molecule has 1 aromatic heterocycles. The first-order chi connectivity index (χ1) is 9.36. The molecule has 1 heteroatoms. The zero-order valence-electron chi connectivity index (χ0n) is 10.5. The third kappa shape index (κ3) is 2.51. The Balaban J connectivity index is 1.94. The molecule has 0 bridgehead atoms. The fourth-order valence-corrected chi connectivity index (χ4v) is 3.05. The van der Waals surface area contributed by atoms with Gasteiger partial charge in [-0.3, -0.25) is 0 Å². The van der Waals surface area contributed by atoms with E-state index in [1.165, 1.54) is 20.9 Å². The van der Waals surface area contributed by atoms with Crippen LogP contribution in [0, 0.1) is 0 Å². The summed E-state index contributed by atoms with van der Waals surface area (Å²) in [5.74, 6) is 0. The Labute approximate surface area is 117 Å². The average molecular weight is 262 g/mol. The van der Waals surface area contributed by atoms with Crippen molar-refractivity contribution < 1.29 is 0 Å². The first kappa shape index (κ1) is 11.9. The SMILES string of the molecule is C=Cc1ccc(-c2ccc(-c3ccccc3)s2)cc1. The average Bonchev–Trinajstić information content (AvgIpc) is 2.98. The highest BCUT2D eigenvalue weighted by Crippen LogP contribution is 2.34. The second kappa shape index (κ2) is 5.25. The van der Waals surface area contributed by atoms with Crippen molar-refractivity contribution >= 4 is 17.4 Å². The van der Waals surface area contributed by atoms with E-state index in [1.54, 1.807) is 0 Å². The summed E-state index contributed by atoms with van der Waals surface area (Å²) in [5.41, 5.74) is 3.70. The monoisotopic (exact) mass is 262 g/mol. The number of benzene rings is 2. The van der Waals surface area contributed by atoms with Crippen LogP contribution in [0.15, 0.2) is 73.3 Å². The Morgan fingerprint density at radius 1 is 0.684 bits per heavy atom. The van der Waals surface area contributed by atoms with E-state index in [0.717, 1.165) is 5.56 Å².